The molecule has 3 aromatic rings. The Labute approximate surface area is 133 Å². The lowest BCUT2D eigenvalue weighted by molar-refractivity contribution is -0.384. The number of non-ortho nitro benzene ring substituents is 1. The van der Waals surface area contributed by atoms with Gasteiger partial charge in [0.2, 0.25) is 0 Å². The molecule has 0 aliphatic heterocycles. The van der Waals surface area contributed by atoms with E-state index in [1.54, 1.807) is 12.1 Å². The number of anilines is 1. The Balaban J connectivity index is 1.81. The number of fused-ring (bicyclic) bond motifs is 1. The van der Waals surface area contributed by atoms with Gasteiger partial charge in [0.1, 0.15) is 5.58 Å². The molecule has 1 N–H and O–H groups in total. The lowest BCUT2D eigenvalue weighted by Gasteiger charge is -2.02. The molecule has 1 amide bonds. The van der Waals surface area contributed by atoms with Gasteiger partial charge in [0.15, 0.2) is 5.76 Å². The van der Waals surface area contributed by atoms with Gasteiger partial charge in [-0.3, -0.25) is 14.9 Å². The van der Waals surface area contributed by atoms with Gasteiger partial charge in [0.05, 0.1) is 4.92 Å². The van der Waals surface area contributed by atoms with Gasteiger partial charge >= 0.3 is 0 Å². The largest absolute Gasteiger partial charge is 0.451 e. The lowest BCUT2D eigenvalue weighted by atomic mass is 10.2. The highest BCUT2D eigenvalue weighted by Gasteiger charge is 2.13. The second kappa shape index (κ2) is 5.61. The maximum atomic E-state index is 12.1. The second-order valence-corrected chi connectivity index (χ2v) is 5.47. The standard InChI is InChI=1S/C15H9BrN2O4/c16-10-1-6-13-9(7-10)8-14(22-13)15(19)17-11-2-4-12(5-3-11)18(20)21/h1-8H,(H,17,19). The first-order chi connectivity index (χ1) is 10.5. The third-order valence-corrected chi connectivity index (χ3v) is 3.53. The van der Waals surface area contributed by atoms with Crippen LogP contribution in [0.3, 0.4) is 0 Å². The van der Waals surface area contributed by atoms with Gasteiger partial charge in [-0.2, -0.15) is 0 Å². The number of nitrogens with zero attached hydrogens (tertiary/aromatic N) is 1. The van der Waals surface area contributed by atoms with E-state index < -0.39 is 10.8 Å². The van der Waals surface area contributed by atoms with Crippen LogP contribution in [0.4, 0.5) is 11.4 Å². The zero-order chi connectivity index (χ0) is 15.7. The minimum absolute atomic E-state index is 0.0356. The van der Waals surface area contributed by atoms with Crippen LogP contribution >= 0.6 is 15.9 Å². The molecule has 1 aromatic heterocycles. The van der Waals surface area contributed by atoms with Crippen LogP contribution in [0.15, 0.2) is 57.4 Å². The van der Waals surface area contributed by atoms with E-state index >= 15 is 0 Å². The molecular formula is C15H9BrN2O4. The summed E-state index contributed by atoms with van der Waals surface area (Å²) in [6, 6.07) is 12.7. The fraction of sp³-hybridized carbons (Fsp3) is 0. The predicted molar refractivity (Wildman–Crippen MR) is 85.0 cm³/mol. The number of rotatable bonds is 3. The van der Waals surface area contributed by atoms with E-state index in [9.17, 15) is 14.9 Å². The summed E-state index contributed by atoms with van der Waals surface area (Å²) >= 11 is 3.35. The van der Waals surface area contributed by atoms with Gasteiger partial charge in [0, 0.05) is 27.7 Å². The van der Waals surface area contributed by atoms with Gasteiger partial charge in [-0.25, -0.2) is 0 Å². The number of nitrogens with one attached hydrogen (secondary N) is 1. The highest BCUT2D eigenvalue weighted by atomic mass is 79.9. The van der Waals surface area contributed by atoms with Crippen LogP contribution in [0.5, 0.6) is 0 Å². The number of nitro benzene ring substituents is 1. The summed E-state index contributed by atoms with van der Waals surface area (Å²) in [7, 11) is 0. The fourth-order valence-corrected chi connectivity index (χ4v) is 2.36. The van der Waals surface area contributed by atoms with E-state index in [0.29, 0.717) is 11.3 Å². The number of amides is 1. The maximum Gasteiger partial charge on any atom is 0.291 e. The van der Waals surface area contributed by atoms with Crippen LogP contribution in [0.25, 0.3) is 11.0 Å². The summed E-state index contributed by atoms with van der Waals surface area (Å²) in [6.07, 6.45) is 0. The topological polar surface area (TPSA) is 85.4 Å². The zero-order valence-electron chi connectivity index (χ0n) is 11.1. The van der Waals surface area contributed by atoms with Crippen LogP contribution in [-0.2, 0) is 0 Å². The van der Waals surface area contributed by atoms with Gasteiger partial charge in [-0.15, -0.1) is 0 Å². The maximum absolute atomic E-state index is 12.1. The minimum atomic E-state index is -0.497. The zero-order valence-corrected chi connectivity index (χ0v) is 12.7. The highest BCUT2D eigenvalue weighted by Crippen LogP contribution is 2.24. The molecule has 0 aliphatic rings. The second-order valence-electron chi connectivity index (χ2n) is 4.55. The van der Waals surface area contributed by atoms with Crippen LogP contribution in [0.1, 0.15) is 10.6 Å². The molecule has 0 atom stereocenters. The Hall–Kier alpha value is -2.67. The van der Waals surface area contributed by atoms with E-state index in [4.69, 9.17) is 4.42 Å². The molecule has 3 rings (SSSR count). The molecule has 2 aromatic carbocycles. The quantitative estimate of drug-likeness (QED) is 0.555. The molecule has 6 nitrogen and oxygen atoms in total. The molecule has 0 unspecified atom stereocenters. The lowest BCUT2D eigenvalue weighted by Crippen LogP contribution is -2.10. The summed E-state index contributed by atoms with van der Waals surface area (Å²) in [5.74, 6) is -0.243. The van der Waals surface area contributed by atoms with Crippen molar-refractivity contribution in [2.45, 2.75) is 0 Å². The van der Waals surface area contributed by atoms with Gasteiger partial charge in [-0.05, 0) is 36.4 Å². The van der Waals surface area contributed by atoms with Crippen molar-refractivity contribution < 1.29 is 14.1 Å². The molecule has 22 heavy (non-hydrogen) atoms. The van der Waals surface area contributed by atoms with Crippen molar-refractivity contribution in [3.05, 3.63) is 68.9 Å². The Kier molecular flexibility index (Phi) is 3.64. The van der Waals surface area contributed by atoms with Gasteiger partial charge in [-0.1, -0.05) is 15.9 Å². The first-order valence-electron chi connectivity index (χ1n) is 6.28. The molecule has 0 saturated heterocycles. The van der Waals surface area contributed by atoms with Crippen molar-refractivity contribution >= 4 is 44.2 Å². The van der Waals surface area contributed by atoms with Crippen LogP contribution < -0.4 is 5.32 Å². The van der Waals surface area contributed by atoms with Crippen molar-refractivity contribution in [1.82, 2.24) is 0 Å². The SMILES string of the molecule is O=C(Nc1ccc([N+](=O)[O-])cc1)c1cc2cc(Br)ccc2o1. The third kappa shape index (κ3) is 2.84. The molecule has 0 spiro atoms. The summed E-state index contributed by atoms with van der Waals surface area (Å²) in [5, 5.41) is 14.0. The number of furan rings is 1. The van der Waals surface area contributed by atoms with Crippen molar-refractivity contribution in [3.63, 3.8) is 0 Å². The van der Waals surface area contributed by atoms with Crippen molar-refractivity contribution in [1.29, 1.82) is 0 Å². The smallest absolute Gasteiger partial charge is 0.291 e. The van der Waals surface area contributed by atoms with Crippen molar-refractivity contribution in [3.8, 4) is 0 Å². The normalized spacial score (nSPS) is 10.6. The number of hydrogen-bond acceptors (Lipinski definition) is 4. The van der Waals surface area contributed by atoms with Crippen molar-refractivity contribution in [2.75, 3.05) is 5.32 Å². The Morgan fingerprint density at radius 2 is 1.86 bits per heavy atom. The molecule has 0 fully saturated rings. The molecule has 110 valence electrons. The summed E-state index contributed by atoms with van der Waals surface area (Å²) in [4.78, 5) is 22.2. The number of hydrogen-bond donors (Lipinski definition) is 1. The Morgan fingerprint density at radius 1 is 1.14 bits per heavy atom. The van der Waals surface area contributed by atoms with Crippen LogP contribution in [0.2, 0.25) is 0 Å². The molecule has 7 heteroatoms. The molecule has 1 heterocycles. The van der Waals surface area contributed by atoms with E-state index in [2.05, 4.69) is 21.2 Å². The molecule has 0 bridgehead atoms. The summed E-state index contributed by atoms with van der Waals surface area (Å²) in [6.45, 7) is 0. The summed E-state index contributed by atoms with van der Waals surface area (Å²) in [5.41, 5.74) is 1.03. The van der Waals surface area contributed by atoms with Crippen LogP contribution in [0, 0.1) is 10.1 Å². The minimum Gasteiger partial charge on any atom is -0.451 e. The first kappa shape index (κ1) is 14.3. The Morgan fingerprint density at radius 3 is 2.55 bits per heavy atom. The first-order valence-corrected chi connectivity index (χ1v) is 7.07. The fourth-order valence-electron chi connectivity index (χ4n) is 1.99. The monoisotopic (exact) mass is 360 g/mol. The number of benzene rings is 2. The Bertz CT molecular complexity index is 871. The average Bonchev–Trinajstić information content (AvgIpc) is 2.91. The number of halogens is 1. The number of nitro groups is 1. The molecule has 0 saturated carbocycles. The molecule has 0 radical (unpaired) electrons. The molecular weight excluding hydrogens is 352 g/mol. The van der Waals surface area contributed by atoms with Gasteiger partial charge in [0.25, 0.3) is 11.6 Å². The van der Waals surface area contributed by atoms with Crippen molar-refractivity contribution in [2.24, 2.45) is 0 Å². The number of carbonyl (C=O) groups is 1. The predicted octanol–water partition coefficient (Wildman–Crippen LogP) is 4.36. The summed E-state index contributed by atoms with van der Waals surface area (Å²) < 4.78 is 6.37. The van der Waals surface area contributed by atoms with E-state index in [0.717, 1.165) is 9.86 Å². The number of carbonyl (C=O) groups excluding carboxylic acids is 1. The average molecular weight is 361 g/mol. The third-order valence-electron chi connectivity index (χ3n) is 3.04. The van der Waals surface area contributed by atoms with E-state index in [1.165, 1.54) is 24.3 Å². The van der Waals surface area contributed by atoms with E-state index in [1.807, 2.05) is 12.1 Å². The van der Waals surface area contributed by atoms with Gasteiger partial charge < -0.3 is 9.73 Å². The van der Waals surface area contributed by atoms with E-state index in [-0.39, 0.29) is 11.4 Å². The molecule has 0 aliphatic carbocycles. The highest BCUT2D eigenvalue weighted by molar-refractivity contribution is 9.10. The van der Waals surface area contributed by atoms with Crippen LogP contribution in [-0.4, -0.2) is 10.8 Å².